The number of aliphatic hydroxyl groups excluding tert-OH is 1. The SMILES string of the molecule is C=C1C(=CC=C2CCC[C@@]3(C)C2CC[C@@H]3[C@H](C)C(O)C2CCN(C)C2=O)C[C@@H](O[Si](C)(C)C(C)(C)C)C[C@@H]1O[Si](C)(C)C(C)(C)C. The van der Waals surface area contributed by atoms with E-state index in [1.165, 1.54) is 24.8 Å². The Labute approximate surface area is 284 Å². The number of nitrogens with zero attached hydrogens (tertiary/aromatic N) is 1. The third-order valence-electron chi connectivity index (χ3n) is 13.8. The quantitative estimate of drug-likeness (QED) is 0.261. The van der Waals surface area contributed by atoms with E-state index in [0.717, 1.165) is 44.2 Å². The molecule has 1 amide bonds. The van der Waals surface area contributed by atoms with Gasteiger partial charge in [-0.25, -0.2) is 0 Å². The van der Waals surface area contributed by atoms with Crippen LogP contribution in [0.4, 0.5) is 0 Å². The first-order valence-electron chi connectivity index (χ1n) is 18.4. The van der Waals surface area contributed by atoms with Gasteiger partial charge in [0, 0.05) is 20.0 Å². The topological polar surface area (TPSA) is 59.0 Å². The molecule has 0 spiro atoms. The molecular formula is C39H69NO4Si2. The van der Waals surface area contributed by atoms with Crippen molar-refractivity contribution >= 4 is 22.5 Å². The summed E-state index contributed by atoms with van der Waals surface area (Å²) in [5, 5.41) is 11.7. The molecule has 3 saturated carbocycles. The fourth-order valence-electron chi connectivity index (χ4n) is 8.68. The van der Waals surface area contributed by atoms with Gasteiger partial charge >= 0.3 is 0 Å². The molecule has 1 saturated heterocycles. The van der Waals surface area contributed by atoms with Gasteiger partial charge in [0.05, 0.1) is 24.2 Å². The van der Waals surface area contributed by atoms with Crippen molar-refractivity contribution in [3.8, 4) is 0 Å². The highest BCUT2D eigenvalue weighted by Gasteiger charge is 2.53. The van der Waals surface area contributed by atoms with E-state index in [2.05, 4.69) is 100 Å². The van der Waals surface area contributed by atoms with Crippen LogP contribution >= 0.6 is 0 Å². The number of likely N-dealkylation sites (tertiary alicyclic amines) is 1. The standard InChI is InChI=1S/C39H69NO4Si2/c1-26-29(24-30(43-45(11,12)37(3,4)5)25-34(26)44-46(13,14)38(6,7)8)18-17-28-16-15-22-39(9)32(19-20-33(28)39)27(2)35(41)31-21-23-40(10)36(31)42/h17-18,27,30-35,41H,1,15-16,19-25H2,2-14H3/t27-,30+,31?,32+,33?,34-,35?,39+/m0/s1. The molecule has 5 nitrogen and oxygen atoms in total. The van der Waals surface area contributed by atoms with Crippen LogP contribution in [0.5, 0.6) is 0 Å². The Kier molecular flexibility index (Phi) is 11.0. The minimum absolute atomic E-state index is 0.0128. The second kappa shape index (κ2) is 13.4. The van der Waals surface area contributed by atoms with Crippen LogP contribution in [0.25, 0.3) is 0 Å². The van der Waals surface area contributed by atoms with Gasteiger partial charge in [-0.15, -0.1) is 0 Å². The molecule has 46 heavy (non-hydrogen) atoms. The van der Waals surface area contributed by atoms with E-state index in [-0.39, 0.29) is 45.4 Å². The number of carbonyl (C=O) groups excluding carboxylic acids is 1. The van der Waals surface area contributed by atoms with Gasteiger partial charge in [0.1, 0.15) is 0 Å². The van der Waals surface area contributed by atoms with Crippen molar-refractivity contribution in [2.24, 2.45) is 29.1 Å². The Balaban J connectivity index is 1.59. The number of allylic oxidation sites excluding steroid dienone is 3. The Morgan fingerprint density at radius 3 is 2.17 bits per heavy atom. The van der Waals surface area contributed by atoms with E-state index >= 15 is 0 Å². The molecule has 1 heterocycles. The fraction of sp³-hybridized carbons (Fsp3) is 0.821. The molecular weight excluding hydrogens is 603 g/mol. The lowest BCUT2D eigenvalue weighted by atomic mass is 9.60. The van der Waals surface area contributed by atoms with E-state index in [1.54, 1.807) is 10.5 Å². The Hall–Kier alpha value is -0.996. The molecule has 3 aliphatic carbocycles. The Bertz CT molecular complexity index is 1210. The zero-order valence-electron chi connectivity index (χ0n) is 31.9. The largest absolute Gasteiger partial charge is 0.413 e. The second-order valence-corrected chi connectivity index (χ2v) is 28.4. The molecule has 0 radical (unpaired) electrons. The number of hydrogen-bond donors (Lipinski definition) is 1. The molecule has 4 aliphatic rings. The third-order valence-corrected chi connectivity index (χ3v) is 22.8. The molecule has 0 aromatic rings. The lowest BCUT2D eigenvalue weighted by Crippen LogP contribution is -2.49. The first kappa shape index (κ1) is 37.8. The molecule has 262 valence electrons. The van der Waals surface area contributed by atoms with Gasteiger partial charge in [-0.2, -0.15) is 0 Å². The molecule has 4 rings (SSSR count). The summed E-state index contributed by atoms with van der Waals surface area (Å²) in [5.74, 6) is 0.945. The van der Waals surface area contributed by atoms with Crippen LogP contribution in [0, 0.1) is 29.1 Å². The molecule has 1 N–H and O–H groups in total. The van der Waals surface area contributed by atoms with E-state index in [4.69, 9.17) is 8.85 Å². The fourth-order valence-corrected chi connectivity index (χ4v) is 11.3. The van der Waals surface area contributed by atoms with Gasteiger partial charge in [0.2, 0.25) is 5.91 Å². The number of carbonyl (C=O) groups is 1. The number of hydrogen-bond acceptors (Lipinski definition) is 4. The smallest absolute Gasteiger partial charge is 0.228 e. The predicted molar refractivity (Wildman–Crippen MR) is 198 cm³/mol. The lowest BCUT2D eigenvalue weighted by Gasteiger charge is -2.46. The average molecular weight is 672 g/mol. The lowest BCUT2D eigenvalue weighted by molar-refractivity contribution is -0.134. The highest BCUT2D eigenvalue weighted by Crippen LogP contribution is 2.60. The van der Waals surface area contributed by atoms with Gasteiger partial charge in [0.25, 0.3) is 0 Å². The summed E-state index contributed by atoms with van der Waals surface area (Å²) in [6, 6.07) is 0. The molecule has 0 aromatic carbocycles. The highest BCUT2D eigenvalue weighted by molar-refractivity contribution is 6.74. The van der Waals surface area contributed by atoms with Gasteiger partial charge in [-0.05, 0) is 116 Å². The van der Waals surface area contributed by atoms with Crippen LogP contribution in [0.2, 0.25) is 36.3 Å². The van der Waals surface area contributed by atoms with Crippen LogP contribution in [0.1, 0.15) is 107 Å². The van der Waals surface area contributed by atoms with Gasteiger partial charge in [-0.3, -0.25) is 4.79 Å². The van der Waals surface area contributed by atoms with Crippen molar-refractivity contribution in [1.82, 2.24) is 4.90 Å². The van der Waals surface area contributed by atoms with Crippen LogP contribution in [-0.4, -0.2) is 64.5 Å². The number of aliphatic hydroxyl groups is 1. The number of rotatable bonds is 8. The van der Waals surface area contributed by atoms with E-state index < -0.39 is 22.7 Å². The summed E-state index contributed by atoms with van der Waals surface area (Å²) in [4.78, 5) is 14.6. The zero-order chi connectivity index (χ0) is 34.6. The van der Waals surface area contributed by atoms with Crippen LogP contribution in [0.15, 0.2) is 35.5 Å². The highest BCUT2D eigenvalue weighted by atomic mass is 28.4. The number of fused-ring (bicyclic) bond motifs is 1. The van der Waals surface area contributed by atoms with Gasteiger partial charge in [-0.1, -0.05) is 79.7 Å². The van der Waals surface area contributed by atoms with Crippen LogP contribution in [-0.2, 0) is 13.6 Å². The summed E-state index contributed by atoms with van der Waals surface area (Å²) in [6.07, 6.45) is 12.8. The summed E-state index contributed by atoms with van der Waals surface area (Å²) >= 11 is 0. The molecule has 7 heteroatoms. The first-order valence-corrected chi connectivity index (χ1v) is 24.2. The minimum Gasteiger partial charge on any atom is -0.413 e. The minimum atomic E-state index is -2.01. The molecule has 4 fully saturated rings. The second-order valence-electron chi connectivity index (χ2n) is 18.9. The van der Waals surface area contributed by atoms with Gasteiger partial charge in [0.15, 0.2) is 16.6 Å². The van der Waals surface area contributed by atoms with Crippen molar-refractivity contribution in [2.45, 2.75) is 161 Å². The first-order chi connectivity index (χ1) is 21.0. The number of amides is 1. The van der Waals surface area contributed by atoms with Crippen molar-refractivity contribution < 1.29 is 18.8 Å². The maximum absolute atomic E-state index is 12.8. The van der Waals surface area contributed by atoms with Crippen molar-refractivity contribution in [3.05, 3.63) is 35.5 Å². The summed E-state index contributed by atoms with van der Waals surface area (Å²) in [7, 11) is -2.10. The van der Waals surface area contributed by atoms with Crippen LogP contribution in [0.3, 0.4) is 0 Å². The molecule has 1 aliphatic heterocycles. The Morgan fingerprint density at radius 2 is 1.61 bits per heavy atom. The van der Waals surface area contributed by atoms with Crippen molar-refractivity contribution in [3.63, 3.8) is 0 Å². The summed E-state index contributed by atoms with van der Waals surface area (Å²) in [6.45, 7) is 33.5. The van der Waals surface area contributed by atoms with Crippen LogP contribution < -0.4 is 0 Å². The van der Waals surface area contributed by atoms with E-state index in [0.29, 0.717) is 11.8 Å². The summed E-state index contributed by atoms with van der Waals surface area (Å²) < 4.78 is 14.1. The van der Waals surface area contributed by atoms with Crippen molar-refractivity contribution in [1.29, 1.82) is 0 Å². The predicted octanol–water partition coefficient (Wildman–Crippen LogP) is 9.66. The van der Waals surface area contributed by atoms with Gasteiger partial charge < -0.3 is 18.9 Å². The van der Waals surface area contributed by atoms with E-state index in [1.807, 2.05) is 7.05 Å². The maximum Gasteiger partial charge on any atom is 0.228 e. The molecule has 0 bridgehead atoms. The Morgan fingerprint density at radius 1 is 1.00 bits per heavy atom. The normalized spacial score (nSPS) is 34.8. The zero-order valence-corrected chi connectivity index (χ0v) is 33.9. The monoisotopic (exact) mass is 671 g/mol. The van der Waals surface area contributed by atoms with E-state index in [9.17, 15) is 9.90 Å². The average Bonchev–Trinajstić information content (AvgIpc) is 3.45. The maximum atomic E-state index is 12.8. The molecule has 0 aromatic heterocycles. The molecule has 3 unspecified atom stereocenters. The third kappa shape index (κ3) is 7.44. The van der Waals surface area contributed by atoms with Crippen molar-refractivity contribution in [2.75, 3.05) is 13.6 Å². The summed E-state index contributed by atoms with van der Waals surface area (Å²) in [5.41, 5.74) is 4.15. The molecule has 8 atom stereocenters.